The summed E-state index contributed by atoms with van der Waals surface area (Å²) in [5, 5.41) is 21.4. The maximum atomic E-state index is 13.1. The van der Waals surface area contributed by atoms with Gasteiger partial charge in [-0.25, -0.2) is 4.79 Å². The van der Waals surface area contributed by atoms with Crippen molar-refractivity contribution < 1.29 is 50.9 Å². The molecule has 6 nitrogen and oxygen atoms in total. The van der Waals surface area contributed by atoms with Crippen LogP contribution < -0.4 is 10.1 Å². The Kier molecular flexibility index (Phi) is 11.4. The van der Waals surface area contributed by atoms with E-state index in [2.05, 4.69) is 5.32 Å². The van der Waals surface area contributed by atoms with Crippen LogP contribution in [-0.2, 0) is 21.4 Å². The van der Waals surface area contributed by atoms with Crippen molar-refractivity contribution >= 4 is 11.9 Å². The molecule has 3 aromatic rings. The fraction of sp³-hybridized carbons (Fsp3) is 0.371. The molecule has 0 aliphatic rings. The first-order valence-corrected chi connectivity index (χ1v) is 14.7. The summed E-state index contributed by atoms with van der Waals surface area (Å²) in [6.45, 7) is 6.74. The van der Waals surface area contributed by atoms with Crippen LogP contribution in [0.5, 0.6) is 5.75 Å². The SMILES string of the molecule is CCC(CC)(c1ccc(C#CC(O)(C(F)(F)F)C(F)(F)F)c(C)c1)c1ccc(OCC(=O)N[C@@H](Cc2ccccc2)C(=O)O)c(C)c1. The van der Waals surface area contributed by atoms with E-state index >= 15 is 0 Å². The summed E-state index contributed by atoms with van der Waals surface area (Å²) in [6, 6.07) is 17.6. The zero-order chi connectivity index (χ0) is 35.2. The van der Waals surface area contributed by atoms with Gasteiger partial charge in [0.05, 0.1) is 0 Å². The molecule has 0 saturated heterocycles. The minimum absolute atomic E-state index is 0.0993. The van der Waals surface area contributed by atoms with E-state index in [0.717, 1.165) is 22.6 Å². The predicted octanol–water partition coefficient (Wildman–Crippen LogP) is 6.81. The Morgan fingerprint density at radius 3 is 1.89 bits per heavy atom. The molecule has 12 heteroatoms. The number of aliphatic carboxylic acids is 1. The van der Waals surface area contributed by atoms with Crippen molar-refractivity contribution in [1.82, 2.24) is 5.32 Å². The number of carbonyl (C=O) groups is 2. The van der Waals surface area contributed by atoms with E-state index in [0.29, 0.717) is 29.7 Å². The van der Waals surface area contributed by atoms with Gasteiger partial charge in [0, 0.05) is 17.4 Å². The first-order chi connectivity index (χ1) is 21.9. The number of carboxylic acid groups (broad SMARTS) is 1. The first kappa shape index (κ1) is 37.0. The van der Waals surface area contributed by atoms with Gasteiger partial charge >= 0.3 is 23.9 Å². The highest BCUT2D eigenvalue weighted by Crippen LogP contribution is 2.43. The molecule has 0 unspecified atom stereocenters. The highest BCUT2D eigenvalue weighted by molar-refractivity contribution is 5.84. The number of ether oxygens (including phenoxy) is 1. The molecule has 3 rings (SSSR count). The van der Waals surface area contributed by atoms with Crippen LogP contribution in [0.4, 0.5) is 26.3 Å². The number of nitrogens with one attached hydrogen (secondary N) is 1. The van der Waals surface area contributed by atoms with Gasteiger partial charge in [-0.15, -0.1) is 0 Å². The molecule has 0 aliphatic heterocycles. The van der Waals surface area contributed by atoms with Crippen LogP contribution in [0.1, 0.15) is 60.1 Å². The number of hydrogen-bond acceptors (Lipinski definition) is 4. The topological polar surface area (TPSA) is 95.9 Å². The zero-order valence-electron chi connectivity index (χ0n) is 26.1. The highest BCUT2D eigenvalue weighted by atomic mass is 19.4. The lowest BCUT2D eigenvalue weighted by atomic mass is 9.70. The molecule has 0 heterocycles. The Morgan fingerprint density at radius 2 is 1.40 bits per heavy atom. The molecule has 0 fully saturated rings. The number of halogens is 6. The normalized spacial score (nSPS) is 12.9. The molecule has 0 aliphatic carbocycles. The molecule has 3 N–H and O–H groups in total. The number of rotatable bonds is 11. The third-order valence-corrected chi connectivity index (χ3v) is 8.19. The molecule has 0 radical (unpaired) electrons. The van der Waals surface area contributed by atoms with Gasteiger partial charge in [0.25, 0.3) is 5.91 Å². The lowest BCUT2D eigenvalue weighted by Crippen LogP contribution is -2.55. The van der Waals surface area contributed by atoms with Gasteiger partial charge in [0.15, 0.2) is 6.61 Å². The summed E-state index contributed by atoms with van der Waals surface area (Å²) in [5.74, 6) is 1.46. The van der Waals surface area contributed by atoms with E-state index in [9.17, 15) is 46.1 Å². The third kappa shape index (κ3) is 8.27. The number of hydrogen-bond donors (Lipinski definition) is 3. The fourth-order valence-corrected chi connectivity index (χ4v) is 5.33. The van der Waals surface area contributed by atoms with Crippen molar-refractivity contribution in [2.24, 2.45) is 0 Å². The number of alkyl halides is 6. The Balaban J connectivity index is 1.82. The van der Waals surface area contributed by atoms with Gasteiger partial charge < -0.3 is 20.3 Å². The van der Waals surface area contributed by atoms with Crippen molar-refractivity contribution in [3.8, 4) is 17.6 Å². The average molecular weight is 664 g/mol. The molecular formula is C35H35F6NO5. The minimum Gasteiger partial charge on any atom is -0.484 e. The van der Waals surface area contributed by atoms with Crippen LogP contribution in [0.3, 0.4) is 0 Å². The van der Waals surface area contributed by atoms with Crippen LogP contribution in [0.2, 0.25) is 0 Å². The zero-order valence-corrected chi connectivity index (χ0v) is 26.1. The van der Waals surface area contributed by atoms with Gasteiger partial charge in [0.2, 0.25) is 0 Å². The summed E-state index contributed by atoms with van der Waals surface area (Å²) >= 11 is 0. The molecule has 0 saturated carbocycles. The second-order valence-corrected chi connectivity index (χ2v) is 11.2. The molecular weight excluding hydrogens is 628 g/mol. The Labute approximate surface area is 268 Å². The van der Waals surface area contributed by atoms with Crippen molar-refractivity contribution in [3.05, 3.63) is 100 Å². The smallest absolute Gasteiger partial charge is 0.438 e. The Morgan fingerprint density at radius 1 is 0.851 bits per heavy atom. The largest absolute Gasteiger partial charge is 0.484 e. The van der Waals surface area contributed by atoms with Crippen LogP contribution in [0.15, 0.2) is 66.7 Å². The Hall–Kier alpha value is -4.50. The monoisotopic (exact) mass is 663 g/mol. The second-order valence-electron chi connectivity index (χ2n) is 11.2. The molecule has 252 valence electrons. The number of aryl methyl sites for hydroxylation is 2. The van der Waals surface area contributed by atoms with Gasteiger partial charge in [-0.3, -0.25) is 4.79 Å². The van der Waals surface area contributed by atoms with E-state index in [1.165, 1.54) is 13.0 Å². The summed E-state index contributed by atoms with van der Waals surface area (Å²) in [5.41, 5.74) is -2.54. The summed E-state index contributed by atoms with van der Waals surface area (Å²) < 4.78 is 84.2. The lowest BCUT2D eigenvalue weighted by molar-refractivity contribution is -0.343. The maximum Gasteiger partial charge on any atom is 0.438 e. The van der Waals surface area contributed by atoms with E-state index in [1.807, 2.05) is 25.8 Å². The van der Waals surface area contributed by atoms with Crippen LogP contribution >= 0.6 is 0 Å². The summed E-state index contributed by atoms with van der Waals surface area (Å²) in [7, 11) is 0. The van der Waals surface area contributed by atoms with Gasteiger partial charge in [-0.2, -0.15) is 26.3 Å². The van der Waals surface area contributed by atoms with Gasteiger partial charge in [-0.05, 0) is 72.6 Å². The Bertz CT molecular complexity index is 1620. The number of benzene rings is 3. The predicted molar refractivity (Wildman–Crippen MR) is 163 cm³/mol. The second kappa shape index (κ2) is 14.5. The van der Waals surface area contributed by atoms with Crippen molar-refractivity contribution in [3.63, 3.8) is 0 Å². The van der Waals surface area contributed by atoms with Gasteiger partial charge in [-0.1, -0.05) is 74.4 Å². The molecule has 1 atom stereocenters. The van der Waals surface area contributed by atoms with Gasteiger partial charge in [0.1, 0.15) is 11.8 Å². The quantitative estimate of drug-likeness (QED) is 0.155. The minimum atomic E-state index is -6.05. The van der Waals surface area contributed by atoms with Crippen LogP contribution in [0.25, 0.3) is 0 Å². The van der Waals surface area contributed by atoms with Crippen molar-refractivity contribution in [2.45, 2.75) is 76.4 Å². The van der Waals surface area contributed by atoms with Crippen molar-refractivity contribution in [2.75, 3.05) is 6.61 Å². The molecule has 47 heavy (non-hydrogen) atoms. The molecule has 1 amide bonds. The molecule has 0 bridgehead atoms. The number of aliphatic hydroxyl groups is 1. The van der Waals surface area contributed by atoms with E-state index < -0.39 is 47.9 Å². The van der Waals surface area contributed by atoms with E-state index in [1.54, 1.807) is 61.5 Å². The average Bonchev–Trinajstić information content (AvgIpc) is 3.00. The molecule has 0 aromatic heterocycles. The summed E-state index contributed by atoms with van der Waals surface area (Å²) in [6.07, 6.45) is -10.8. The lowest BCUT2D eigenvalue weighted by Gasteiger charge is -2.34. The van der Waals surface area contributed by atoms with Crippen molar-refractivity contribution in [1.29, 1.82) is 0 Å². The number of carboxylic acids is 1. The van der Waals surface area contributed by atoms with Crippen LogP contribution in [0, 0.1) is 25.7 Å². The number of amides is 1. The van der Waals surface area contributed by atoms with E-state index in [4.69, 9.17) is 4.74 Å². The highest BCUT2D eigenvalue weighted by Gasteiger charge is 2.70. The standard InChI is InChI=1S/C35H35F6NO5/c1-5-32(6-2,26-13-12-25(22(3)18-26)16-17-33(46,34(36,37)38)35(39,40)41)27-14-15-29(23(4)19-27)47-21-30(43)42-28(31(44)45)20-24-10-8-7-9-11-24/h7-15,18-19,28,46H,5-6,20-21H2,1-4H3,(H,42,43)(H,44,45)/t28-/m0/s1. The first-order valence-electron chi connectivity index (χ1n) is 14.7. The fourth-order valence-electron chi connectivity index (χ4n) is 5.33. The molecule has 0 spiro atoms. The number of carbonyl (C=O) groups excluding carboxylic acids is 1. The third-order valence-electron chi connectivity index (χ3n) is 8.19. The van der Waals surface area contributed by atoms with Crippen LogP contribution in [-0.4, -0.2) is 52.7 Å². The summed E-state index contributed by atoms with van der Waals surface area (Å²) in [4.78, 5) is 24.3. The molecule has 3 aromatic carbocycles. The maximum absolute atomic E-state index is 13.1. The van der Waals surface area contributed by atoms with E-state index in [-0.39, 0.29) is 12.0 Å².